The maximum atomic E-state index is 5.34. The van der Waals surface area contributed by atoms with Crippen LogP contribution in [0.25, 0.3) is 103 Å². The Labute approximate surface area is 296 Å². The Morgan fingerprint density at radius 1 is 0.471 bits per heavy atom. The van der Waals surface area contributed by atoms with E-state index in [1.54, 1.807) is 11.3 Å². The van der Waals surface area contributed by atoms with Crippen molar-refractivity contribution >= 4 is 75.9 Å². The molecule has 11 rings (SSSR count). The highest BCUT2D eigenvalue weighted by molar-refractivity contribution is 7.22. The zero-order valence-electron chi connectivity index (χ0n) is 27.3. The minimum atomic E-state index is 0.671. The van der Waals surface area contributed by atoms with E-state index in [2.05, 4.69) is 173 Å². The average Bonchev–Trinajstić information content (AvgIpc) is 3.90. The van der Waals surface area contributed by atoms with Crippen LogP contribution in [0.3, 0.4) is 0 Å². The molecule has 0 atom stereocenters. The van der Waals surface area contributed by atoms with Gasteiger partial charge in [0.15, 0.2) is 0 Å². The second-order valence-corrected chi connectivity index (χ2v) is 14.2. The van der Waals surface area contributed by atoms with E-state index in [-0.39, 0.29) is 0 Å². The average molecular weight is 669 g/mol. The first-order valence-corrected chi connectivity index (χ1v) is 18.0. The Kier molecular flexibility index (Phi) is 6.09. The zero-order chi connectivity index (χ0) is 33.5. The third-order valence-corrected chi connectivity index (χ3v) is 11.3. The number of aromatic nitrogens is 4. The van der Waals surface area contributed by atoms with Crippen molar-refractivity contribution in [2.45, 2.75) is 0 Å². The van der Waals surface area contributed by atoms with Crippen molar-refractivity contribution in [3.8, 4) is 38.8 Å². The SMILES string of the molecule is c1ccc(-c2cc3nc(-n4c5ccccc5c5cc(-c6ccc7[nH]c8ccc9ccccc9c8c7c6)ccc54)nc(-c4ccccc4)c3s2)cc1. The van der Waals surface area contributed by atoms with Gasteiger partial charge in [0.1, 0.15) is 0 Å². The third kappa shape index (κ3) is 4.38. The van der Waals surface area contributed by atoms with E-state index >= 15 is 0 Å². The number of H-pyrrole nitrogens is 1. The third-order valence-electron chi connectivity index (χ3n) is 10.2. The van der Waals surface area contributed by atoms with Gasteiger partial charge >= 0.3 is 0 Å². The lowest BCUT2D eigenvalue weighted by molar-refractivity contribution is 1.02. The van der Waals surface area contributed by atoms with Crippen LogP contribution in [-0.2, 0) is 0 Å². The van der Waals surface area contributed by atoms with E-state index in [4.69, 9.17) is 9.97 Å². The normalized spacial score (nSPS) is 11.9. The number of para-hydroxylation sites is 1. The monoisotopic (exact) mass is 668 g/mol. The highest BCUT2D eigenvalue weighted by Crippen LogP contribution is 2.41. The molecule has 4 heterocycles. The molecule has 0 radical (unpaired) electrons. The van der Waals surface area contributed by atoms with Crippen LogP contribution >= 0.6 is 11.3 Å². The quantitative estimate of drug-likeness (QED) is 0.203. The molecule has 4 aromatic heterocycles. The van der Waals surface area contributed by atoms with Crippen molar-refractivity contribution < 1.29 is 0 Å². The zero-order valence-corrected chi connectivity index (χ0v) is 28.2. The predicted octanol–water partition coefficient (Wildman–Crippen LogP) is 12.6. The highest BCUT2D eigenvalue weighted by atomic mass is 32.1. The van der Waals surface area contributed by atoms with E-state index < -0.39 is 0 Å². The summed E-state index contributed by atoms with van der Waals surface area (Å²) in [7, 11) is 0. The van der Waals surface area contributed by atoms with Crippen molar-refractivity contribution in [2.24, 2.45) is 0 Å². The molecule has 238 valence electrons. The molecule has 0 fully saturated rings. The number of hydrogen-bond donors (Lipinski definition) is 1. The van der Waals surface area contributed by atoms with E-state index in [0.29, 0.717) is 5.95 Å². The van der Waals surface area contributed by atoms with Crippen molar-refractivity contribution in [1.82, 2.24) is 19.5 Å². The molecule has 0 unspecified atom stereocenters. The molecule has 0 spiro atoms. The van der Waals surface area contributed by atoms with Gasteiger partial charge in [-0.05, 0) is 69.9 Å². The van der Waals surface area contributed by atoms with Gasteiger partial charge in [-0.1, -0.05) is 121 Å². The van der Waals surface area contributed by atoms with Crippen LogP contribution in [0.1, 0.15) is 0 Å². The summed E-state index contributed by atoms with van der Waals surface area (Å²) in [4.78, 5) is 15.4. The Morgan fingerprint density at radius 3 is 1.98 bits per heavy atom. The van der Waals surface area contributed by atoms with Crippen molar-refractivity contribution in [2.75, 3.05) is 0 Å². The van der Waals surface area contributed by atoms with Gasteiger partial charge in [0.05, 0.1) is 26.9 Å². The summed E-state index contributed by atoms with van der Waals surface area (Å²) >= 11 is 1.75. The first kappa shape index (κ1) is 28.3. The van der Waals surface area contributed by atoms with Crippen LogP contribution in [-0.4, -0.2) is 19.5 Å². The van der Waals surface area contributed by atoms with Gasteiger partial charge in [-0.15, -0.1) is 11.3 Å². The van der Waals surface area contributed by atoms with E-state index in [1.165, 1.54) is 53.9 Å². The number of benzene rings is 7. The Morgan fingerprint density at radius 2 is 1.14 bits per heavy atom. The molecule has 0 aliphatic carbocycles. The second-order valence-electron chi connectivity index (χ2n) is 13.1. The molecule has 51 heavy (non-hydrogen) atoms. The first-order chi connectivity index (χ1) is 25.3. The minimum Gasteiger partial charge on any atom is -0.354 e. The van der Waals surface area contributed by atoms with E-state index in [0.717, 1.165) is 43.5 Å². The Hall–Kier alpha value is -6.56. The molecule has 0 aliphatic heterocycles. The Balaban J connectivity index is 1.12. The summed E-state index contributed by atoms with van der Waals surface area (Å²) in [5.74, 6) is 0.671. The second kappa shape index (κ2) is 11.0. The topological polar surface area (TPSA) is 46.5 Å². The maximum absolute atomic E-state index is 5.34. The molecule has 5 heteroatoms. The van der Waals surface area contributed by atoms with Gasteiger partial charge in [-0.3, -0.25) is 4.57 Å². The van der Waals surface area contributed by atoms with Gasteiger partial charge in [0.2, 0.25) is 5.95 Å². The fourth-order valence-corrected chi connectivity index (χ4v) is 8.89. The summed E-state index contributed by atoms with van der Waals surface area (Å²) < 4.78 is 3.32. The molecule has 11 aromatic rings. The summed E-state index contributed by atoms with van der Waals surface area (Å²) in [5, 5.41) is 7.38. The van der Waals surface area contributed by atoms with Gasteiger partial charge in [0.25, 0.3) is 0 Å². The van der Waals surface area contributed by atoms with Crippen LogP contribution in [0, 0.1) is 0 Å². The fourth-order valence-electron chi connectivity index (χ4n) is 7.77. The van der Waals surface area contributed by atoms with Crippen molar-refractivity contribution in [1.29, 1.82) is 0 Å². The number of nitrogens with one attached hydrogen (secondary N) is 1. The van der Waals surface area contributed by atoms with Gasteiger partial charge in [-0.25, -0.2) is 9.97 Å². The molecule has 0 saturated heterocycles. The standard InChI is InChI=1S/C46H28N4S/c1-3-12-29(13-4-1)42-27-39-45(51-42)44(30-14-5-2-6-15-30)49-46(48-39)50-40-18-10-9-17-34(40)35-25-32(21-24-41(35)50)31-20-22-37-36(26-31)43-33-16-8-7-11-28(33)19-23-38(43)47-37/h1-27,47H. The lowest BCUT2D eigenvalue weighted by Gasteiger charge is -2.10. The highest BCUT2D eigenvalue weighted by Gasteiger charge is 2.20. The fraction of sp³-hybridized carbons (Fsp3) is 0. The van der Waals surface area contributed by atoms with Crippen molar-refractivity contribution in [3.05, 3.63) is 164 Å². The molecule has 0 amide bonds. The number of rotatable bonds is 4. The van der Waals surface area contributed by atoms with Gasteiger partial charge in [-0.2, -0.15) is 0 Å². The maximum Gasteiger partial charge on any atom is 0.235 e. The van der Waals surface area contributed by atoms with Crippen LogP contribution < -0.4 is 0 Å². The minimum absolute atomic E-state index is 0.671. The predicted molar refractivity (Wildman–Crippen MR) is 215 cm³/mol. The van der Waals surface area contributed by atoms with Crippen molar-refractivity contribution in [3.63, 3.8) is 0 Å². The number of aromatic amines is 1. The molecular weight excluding hydrogens is 641 g/mol. The molecule has 0 aliphatic rings. The first-order valence-electron chi connectivity index (χ1n) is 17.2. The van der Waals surface area contributed by atoms with Gasteiger partial charge in [0, 0.05) is 43.0 Å². The number of fused-ring (bicyclic) bond motifs is 9. The largest absolute Gasteiger partial charge is 0.354 e. The smallest absolute Gasteiger partial charge is 0.235 e. The van der Waals surface area contributed by atoms with Gasteiger partial charge < -0.3 is 4.98 Å². The van der Waals surface area contributed by atoms with Crippen LogP contribution in [0.5, 0.6) is 0 Å². The number of hydrogen-bond acceptors (Lipinski definition) is 3. The molecular formula is C46H28N4S. The van der Waals surface area contributed by atoms with E-state index in [9.17, 15) is 0 Å². The number of thiophene rings is 1. The van der Waals surface area contributed by atoms with Crippen LogP contribution in [0.4, 0.5) is 0 Å². The summed E-state index contributed by atoms with van der Waals surface area (Å²) in [5.41, 5.74) is 11.0. The summed E-state index contributed by atoms with van der Waals surface area (Å²) in [6, 6.07) is 58.4. The Bertz CT molecular complexity index is 3130. The lowest BCUT2D eigenvalue weighted by Crippen LogP contribution is -2.02. The molecule has 4 nitrogen and oxygen atoms in total. The molecule has 1 N–H and O–H groups in total. The lowest BCUT2D eigenvalue weighted by atomic mass is 9.99. The molecule has 0 saturated carbocycles. The number of nitrogens with zero attached hydrogens (tertiary/aromatic N) is 3. The molecule has 0 bridgehead atoms. The van der Waals surface area contributed by atoms with Crippen LogP contribution in [0.2, 0.25) is 0 Å². The van der Waals surface area contributed by atoms with E-state index in [1.807, 2.05) is 0 Å². The summed E-state index contributed by atoms with van der Waals surface area (Å²) in [6.45, 7) is 0. The summed E-state index contributed by atoms with van der Waals surface area (Å²) in [6.07, 6.45) is 0. The van der Waals surface area contributed by atoms with Crippen LogP contribution in [0.15, 0.2) is 164 Å². The molecule has 7 aromatic carbocycles.